The maximum Gasteiger partial charge on any atom is 0.143 e. The molecule has 0 unspecified atom stereocenters. The number of aryl methyl sites for hydroxylation is 1. The molecule has 0 fully saturated rings. The number of pyridine rings is 1. The van der Waals surface area contributed by atoms with Crippen LogP contribution in [0.2, 0.25) is 0 Å². The van der Waals surface area contributed by atoms with E-state index in [1.807, 2.05) is 12.1 Å². The van der Waals surface area contributed by atoms with Crippen LogP contribution in [0.4, 0.5) is 4.39 Å². The summed E-state index contributed by atoms with van der Waals surface area (Å²) in [6.45, 7) is 2.23. The fraction of sp³-hybridized carbons (Fsp3) is 0.267. The first-order chi connectivity index (χ1) is 9.67. The van der Waals surface area contributed by atoms with E-state index in [-0.39, 0.29) is 5.82 Å². The maximum atomic E-state index is 13.9. The van der Waals surface area contributed by atoms with Crippen LogP contribution in [0.1, 0.15) is 23.2 Å². The van der Waals surface area contributed by atoms with Gasteiger partial charge in [0.1, 0.15) is 22.8 Å². The first kappa shape index (κ1) is 13.3. The van der Waals surface area contributed by atoms with E-state index in [4.69, 9.17) is 16.5 Å². The Morgan fingerprint density at radius 2 is 2.25 bits per heavy atom. The number of hydrogen-bond donors (Lipinski definition) is 1. The van der Waals surface area contributed by atoms with Gasteiger partial charge < -0.3 is 4.74 Å². The van der Waals surface area contributed by atoms with E-state index in [0.717, 1.165) is 5.56 Å². The summed E-state index contributed by atoms with van der Waals surface area (Å²) in [5.41, 5.74) is 1.31. The Balaban J connectivity index is 2.20. The summed E-state index contributed by atoms with van der Waals surface area (Å²) < 4.78 is 19.5. The molecule has 0 saturated heterocycles. The number of fused-ring (bicyclic) bond motifs is 1. The standard InChI is InChI=1S/C15H14ClFN2O/c1-10-4-5-11(9-12(10)17)15(19-16)6-8-20-13-3-2-7-18-14(13)15/h2-5,7,9,19H,6,8H2,1H3/t15-/m0/s1. The van der Waals surface area contributed by atoms with E-state index in [2.05, 4.69) is 9.82 Å². The number of rotatable bonds is 2. The molecule has 0 saturated carbocycles. The first-order valence-electron chi connectivity index (χ1n) is 6.40. The molecule has 2 heterocycles. The van der Waals surface area contributed by atoms with E-state index in [1.54, 1.807) is 25.3 Å². The van der Waals surface area contributed by atoms with Gasteiger partial charge in [-0.15, -0.1) is 0 Å². The van der Waals surface area contributed by atoms with E-state index < -0.39 is 5.54 Å². The monoisotopic (exact) mass is 292 g/mol. The van der Waals surface area contributed by atoms with Gasteiger partial charge in [-0.3, -0.25) is 4.98 Å². The van der Waals surface area contributed by atoms with Crippen molar-refractivity contribution in [2.24, 2.45) is 0 Å². The lowest BCUT2D eigenvalue weighted by Gasteiger charge is -2.36. The molecule has 2 aromatic rings. The number of ether oxygens (including phenoxy) is 1. The third-order valence-electron chi connectivity index (χ3n) is 3.74. The Morgan fingerprint density at radius 3 is 3.00 bits per heavy atom. The number of halogens is 2. The minimum atomic E-state index is -0.731. The summed E-state index contributed by atoms with van der Waals surface area (Å²) in [5, 5.41) is 0. The van der Waals surface area contributed by atoms with Gasteiger partial charge in [0, 0.05) is 12.6 Å². The summed E-state index contributed by atoms with van der Waals surface area (Å²) in [6, 6.07) is 8.78. The fourth-order valence-corrected chi connectivity index (χ4v) is 2.84. The lowest BCUT2D eigenvalue weighted by molar-refractivity contribution is 0.223. The smallest absolute Gasteiger partial charge is 0.143 e. The SMILES string of the molecule is Cc1ccc([C@@]2(NCl)CCOc3cccnc32)cc1F. The Bertz CT molecular complexity index is 650. The van der Waals surface area contributed by atoms with E-state index in [9.17, 15) is 4.39 Å². The fourth-order valence-electron chi connectivity index (χ4n) is 2.55. The van der Waals surface area contributed by atoms with Crippen molar-refractivity contribution in [3.8, 4) is 5.75 Å². The van der Waals surface area contributed by atoms with E-state index in [0.29, 0.717) is 30.0 Å². The molecule has 20 heavy (non-hydrogen) atoms. The molecule has 1 aliphatic rings. The zero-order chi connectivity index (χ0) is 14.2. The molecule has 1 N–H and O–H groups in total. The van der Waals surface area contributed by atoms with Crippen LogP contribution in [0, 0.1) is 12.7 Å². The van der Waals surface area contributed by atoms with Gasteiger partial charge in [-0.25, -0.2) is 9.23 Å². The van der Waals surface area contributed by atoms with Crippen LogP contribution in [0.3, 0.4) is 0 Å². The van der Waals surface area contributed by atoms with Gasteiger partial charge in [0.05, 0.1) is 6.61 Å². The molecule has 5 heteroatoms. The highest BCUT2D eigenvalue weighted by Crippen LogP contribution is 2.41. The predicted molar refractivity (Wildman–Crippen MR) is 75.3 cm³/mol. The van der Waals surface area contributed by atoms with Crippen LogP contribution in [-0.2, 0) is 5.54 Å². The Hall–Kier alpha value is -1.65. The van der Waals surface area contributed by atoms with Crippen molar-refractivity contribution in [2.75, 3.05) is 6.61 Å². The number of nitrogens with zero attached hydrogens (tertiary/aromatic N) is 1. The molecule has 3 rings (SSSR count). The molecule has 104 valence electrons. The molecule has 1 aromatic heterocycles. The number of nitrogens with one attached hydrogen (secondary N) is 1. The first-order valence-corrected chi connectivity index (χ1v) is 6.78. The summed E-state index contributed by atoms with van der Waals surface area (Å²) in [4.78, 5) is 7.18. The molecule has 0 bridgehead atoms. The number of hydrogen-bond acceptors (Lipinski definition) is 3. The normalized spacial score (nSPS) is 21.1. The number of aromatic nitrogens is 1. The molecule has 3 nitrogen and oxygen atoms in total. The van der Waals surface area contributed by atoms with Crippen molar-refractivity contribution in [1.29, 1.82) is 0 Å². The molecular weight excluding hydrogens is 279 g/mol. The van der Waals surface area contributed by atoms with Crippen LogP contribution in [0.25, 0.3) is 0 Å². The van der Waals surface area contributed by atoms with E-state index in [1.165, 1.54) is 6.07 Å². The van der Waals surface area contributed by atoms with Crippen molar-refractivity contribution in [3.63, 3.8) is 0 Å². The van der Waals surface area contributed by atoms with Gasteiger partial charge in [0.25, 0.3) is 0 Å². The molecule has 0 radical (unpaired) electrons. The summed E-state index contributed by atoms with van der Waals surface area (Å²) in [7, 11) is 0. The van der Waals surface area contributed by atoms with Crippen molar-refractivity contribution < 1.29 is 9.13 Å². The van der Waals surface area contributed by atoms with Gasteiger partial charge in [-0.1, -0.05) is 12.1 Å². The Morgan fingerprint density at radius 1 is 1.40 bits per heavy atom. The van der Waals surface area contributed by atoms with Crippen LogP contribution in [-0.4, -0.2) is 11.6 Å². The van der Waals surface area contributed by atoms with Gasteiger partial charge >= 0.3 is 0 Å². The molecule has 1 aromatic carbocycles. The van der Waals surface area contributed by atoms with Gasteiger partial charge in [0.15, 0.2) is 0 Å². The van der Waals surface area contributed by atoms with Crippen molar-refractivity contribution in [2.45, 2.75) is 18.9 Å². The molecule has 0 spiro atoms. The largest absolute Gasteiger partial charge is 0.491 e. The molecule has 0 aliphatic carbocycles. The quantitative estimate of drug-likeness (QED) is 0.863. The minimum absolute atomic E-state index is 0.252. The highest BCUT2D eigenvalue weighted by Gasteiger charge is 2.40. The average Bonchev–Trinajstić information content (AvgIpc) is 2.49. The Kier molecular flexibility index (Phi) is 3.36. The second kappa shape index (κ2) is 5.04. The third-order valence-corrected chi connectivity index (χ3v) is 4.06. The summed E-state index contributed by atoms with van der Waals surface area (Å²) >= 11 is 6.02. The van der Waals surface area contributed by atoms with Crippen LogP contribution in [0.5, 0.6) is 5.75 Å². The zero-order valence-electron chi connectivity index (χ0n) is 11.0. The van der Waals surface area contributed by atoms with Crippen molar-refractivity contribution >= 4 is 11.8 Å². The molecular formula is C15H14ClFN2O. The van der Waals surface area contributed by atoms with Crippen molar-refractivity contribution in [3.05, 3.63) is 59.2 Å². The lowest BCUT2D eigenvalue weighted by Crippen LogP contribution is -2.43. The van der Waals surface area contributed by atoms with E-state index >= 15 is 0 Å². The molecule has 0 amide bonds. The Labute approximate surface area is 121 Å². The zero-order valence-corrected chi connectivity index (χ0v) is 11.7. The second-order valence-electron chi connectivity index (χ2n) is 4.91. The van der Waals surface area contributed by atoms with Crippen LogP contribution < -0.4 is 9.57 Å². The van der Waals surface area contributed by atoms with Crippen molar-refractivity contribution in [1.82, 2.24) is 9.82 Å². The summed E-state index contributed by atoms with van der Waals surface area (Å²) in [6.07, 6.45) is 2.27. The van der Waals surface area contributed by atoms with Crippen LogP contribution >= 0.6 is 11.8 Å². The third kappa shape index (κ3) is 1.96. The van der Waals surface area contributed by atoms with Gasteiger partial charge in [-0.05, 0) is 48.0 Å². The summed E-state index contributed by atoms with van der Waals surface area (Å²) in [5.74, 6) is 0.422. The van der Waals surface area contributed by atoms with Gasteiger partial charge in [0.2, 0.25) is 0 Å². The van der Waals surface area contributed by atoms with Crippen LogP contribution in [0.15, 0.2) is 36.5 Å². The maximum absolute atomic E-state index is 13.9. The second-order valence-corrected chi connectivity index (χ2v) is 5.10. The molecule has 1 atom stereocenters. The minimum Gasteiger partial charge on any atom is -0.491 e. The highest BCUT2D eigenvalue weighted by molar-refractivity contribution is 6.14. The number of benzene rings is 1. The average molecular weight is 293 g/mol. The van der Waals surface area contributed by atoms with Gasteiger partial charge in [-0.2, -0.15) is 0 Å². The highest BCUT2D eigenvalue weighted by atomic mass is 35.5. The molecule has 1 aliphatic heterocycles. The topological polar surface area (TPSA) is 34.1 Å². The predicted octanol–water partition coefficient (Wildman–Crippen LogP) is 3.30. The lowest BCUT2D eigenvalue weighted by atomic mass is 9.82.